The van der Waals surface area contributed by atoms with E-state index in [0.29, 0.717) is 5.69 Å². The van der Waals surface area contributed by atoms with Gasteiger partial charge in [-0.3, -0.25) is 9.69 Å². The number of alkyl halides is 6. The summed E-state index contributed by atoms with van der Waals surface area (Å²) in [6.45, 7) is 5.74. The maximum Gasteiger partial charge on any atom is 0.573 e. The number of carbonyl (C=O) groups excluding carboxylic acids is 2. The number of aryl methyl sites for hydroxylation is 1. The van der Waals surface area contributed by atoms with Crippen LogP contribution in [0.4, 0.5) is 42.5 Å². The summed E-state index contributed by atoms with van der Waals surface area (Å²) in [5.74, 6) is -0.853. The molecule has 0 unspecified atom stereocenters. The molecule has 46 heavy (non-hydrogen) atoms. The second-order valence-electron chi connectivity index (χ2n) is 10.4. The maximum atomic E-state index is 14.1. The molecule has 2 heterocycles. The molecule has 0 atom stereocenters. The molecule has 3 aromatic carbocycles. The lowest BCUT2D eigenvalue weighted by atomic mass is 9.99. The Bertz CT molecular complexity index is 1820. The van der Waals surface area contributed by atoms with Gasteiger partial charge in [0, 0.05) is 5.56 Å². The topological polar surface area (TPSA) is 102 Å². The van der Waals surface area contributed by atoms with Crippen LogP contribution in [0.25, 0.3) is 17.1 Å². The average Bonchev–Trinajstić information content (AvgIpc) is 3.59. The Labute approximate surface area is 262 Å². The van der Waals surface area contributed by atoms with Crippen LogP contribution >= 0.6 is 11.8 Å². The number of thioether (sulfide) groups is 1. The molecule has 9 nitrogen and oxygen atoms in total. The molecule has 1 fully saturated rings. The van der Waals surface area contributed by atoms with Crippen LogP contribution < -0.4 is 15.0 Å². The van der Waals surface area contributed by atoms with E-state index in [9.17, 15) is 35.9 Å². The highest BCUT2D eigenvalue weighted by molar-refractivity contribution is 8.15. The summed E-state index contributed by atoms with van der Waals surface area (Å²) >= 11 is 0.999. The van der Waals surface area contributed by atoms with Crippen molar-refractivity contribution >= 4 is 40.2 Å². The zero-order valence-corrected chi connectivity index (χ0v) is 25.1. The minimum atomic E-state index is -4.90. The van der Waals surface area contributed by atoms with Gasteiger partial charge in [-0.1, -0.05) is 37.7 Å². The minimum absolute atomic E-state index is 0.00517. The number of urea groups is 1. The van der Waals surface area contributed by atoms with Gasteiger partial charge in [0.25, 0.3) is 0 Å². The van der Waals surface area contributed by atoms with Gasteiger partial charge in [0.1, 0.15) is 12.1 Å². The molecule has 1 aliphatic heterocycles. The first-order valence-electron chi connectivity index (χ1n) is 13.5. The highest BCUT2D eigenvalue weighted by Gasteiger charge is 2.36. The lowest BCUT2D eigenvalue weighted by Crippen LogP contribution is -2.31. The third kappa shape index (κ3) is 7.33. The number of aromatic nitrogens is 3. The monoisotopic (exact) mass is 662 g/mol. The number of halogens is 6. The van der Waals surface area contributed by atoms with E-state index in [0.717, 1.165) is 51.8 Å². The van der Waals surface area contributed by atoms with E-state index in [1.807, 2.05) is 32.9 Å². The number of amidine groups is 1. The van der Waals surface area contributed by atoms with E-state index in [-0.39, 0.29) is 39.8 Å². The summed E-state index contributed by atoms with van der Waals surface area (Å²) < 4.78 is 84.7. The molecule has 16 heteroatoms. The quantitative estimate of drug-likeness (QED) is 0.210. The van der Waals surface area contributed by atoms with Crippen molar-refractivity contribution in [3.8, 4) is 22.8 Å². The normalized spacial score (nSPS) is 14.8. The molecule has 1 aliphatic rings. The molecule has 0 bridgehead atoms. The van der Waals surface area contributed by atoms with Crippen molar-refractivity contribution in [3.63, 3.8) is 0 Å². The first-order chi connectivity index (χ1) is 21.6. The summed E-state index contributed by atoms with van der Waals surface area (Å²) in [7, 11) is 0. The Balaban J connectivity index is 1.39. The number of ether oxygens (including phenoxy) is 1. The van der Waals surface area contributed by atoms with Crippen LogP contribution in [0.3, 0.4) is 0 Å². The number of carbonyl (C=O) groups is 2. The molecular weight excluding hydrogens is 638 g/mol. The fourth-order valence-electron chi connectivity index (χ4n) is 4.59. The van der Waals surface area contributed by atoms with Crippen LogP contribution in [0, 0.1) is 6.92 Å². The standard InChI is InChI=1S/C30H24F6N6O3S/c1-16(2)21-10-4-17(3)12-24(21)42-25(43)14-46-28(42)39-27(44)38-23-11-5-18(13-22(23)29(31,32)33)26-37-15-41(40-26)19-6-8-20(9-7-19)45-30(34,35)36/h4-13,15-16H,14H2,1-3H3,(H,38,44)/b39-28-. The van der Waals surface area contributed by atoms with Gasteiger partial charge in [0.2, 0.25) is 5.91 Å². The molecular formula is C30H24F6N6O3S. The number of hydrogen-bond donors (Lipinski definition) is 1. The number of hydrogen-bond acceptors (Lipinski definition) is 6. The smallest absolute Gasteiger partial charge is 0.406 e. The number of rotatable bonds is 6. The van der Waals surface area contributed by atoms with E-state index in [2.05, 4.69) is 25.1 Å². The Morgan fingerprint density at radius 3 is 2.39 bits per heavy atom. The molecule has 1 N–H and O–H groups in total. The van der Waals surface area contributed by atoms with Crippen molar-refractivity contribution in [2.75, 3.05) is 16.0 Å². The zero-order valence-electron chi connectivity index (χ0n) is 24.3. The van der Waals surface area contributed by atoms with E-state index >= 15 is 0 Å². The molecule has 240 valence electrons. The van der Waals surface area contributed by atoms with Crippen molar-refractivity contribution < 1.29 is 40.7 Å². The largest absolute Gasteiger partial charge is 0.573 e. The predicted molar refractivity (Wildman–Crippen MR) is 160 cm³/mol. The molecule has 0 aliphatic carbocycles. The van der Waals surface area contributed by atoms with Crippen LogP contribution in [0.1, 0.15) is 36.5 Å². The van der Waals surface area contributed by atoms with Gasteiger partial charge in [0.05, 0.1) is 28.4 Å². The number of nitrogens with one attached hydrogen (secondary N) is 1. The third-order valence-electron chi connectivity index (χ3n) is 6.66. The maximum absolute atomic E-state index is 14.1. The zero-order chi connectivity index (χ0) is 33.4. The minimum Gasteiger partial charge on any atom is -0.406 e. The summed E-state index contributed by atoms with van der Waals surface area (Å²) in [5, 5.41) is 6.34. The second kappa shape index (κ2) is 12.5. The molecule has 0 radical (unpaired) electrons. The molecule has 1 aromatic heterocycles. The van der Waals surface area contributed by atoms with Crippen LogP contribution in [0.5, 0.6) is 5.75 Å². The first-order valence-corrected chi connectivity index (χ1v) is 14.5. The SMILES string of the molecule is Cc1ccc(C(C)C)c(N2C(=O)CS/C2=N\C(=O)Nc2ccc(-c3ncn(-c4ccc(OC(F)(F)F)cc4)n3)cc2C(F)(F)F)c1. The highest BCUT2D eigenvalue weighted by atomic mass is 32.2. The number of benzene rings is 3. The predicted octanol–water partition coefficient (Wildman–Crippen LogP) is 7.95. The fraction of sp³-hybridized carbons (Fsp3) is 0.233. The molecule has 5 rings (SSSR count). The second-order valence-corrected chi connectivity index (χ2v) is 11.3. The lowest BCUT2D eigenvalue weighted by molar-refractivity contribution is -0.274. The van der Waals surface area contributed by atoms with Crippen molar-refractivity contribution in [1.29, 1.82) is 0 Å². The van der Waals surface area contributed by atoms with E-state index in [1.165, 1.54) is 29.4 Å². The third-order valence-corrected chi connectivity index (χ3v) is 7.59. The number of aliphatic imine (C=N–C) groups is 1. The number of amides is 3. The van der Waals surface area contributed by atoms with Crippen LogP contribution in [0.15, 0.2) is 72.0 Å². The van der Waals surface area contributed by atoms with Crippen LogP contribution in [0.2, 0.25) is 0 Å². The summed E-state index contributed by atoms with van der Waals surface area (Å²) in [5.41, 5.74) is 0.714. The van der Waals surface area contributed by atoms with Crippen molar-refractivity contribution in [1.82, 2.24) is 14.8 Å². The van der Waals surface area contributed by atoms with Gasteiger partial charge < -0.3 is 10.1 Å². The van der Waals surface area contributed by atoms with Gasteiger partial charge >= 0.3 is 18.6 Å². The Morgan fingerprint density at radius 2 is 1.74 bits per heavy atom. The van der Waals surface area contributed by atoms with Gasteiger partial charge in [-0.2, -0.15) is 18.2 Å². The molecule has 4 aromatic rings. The summed E-state index contributed by atoms with van der Waals surface area (Å²) in [4.78, 5) is 35.0. The Kier molecular flexibility index (Phi) is 8.84. The van der Waals surface area contributed by atoms with Gasteiger partial charge in [0.15, 0.2) is 11.0 Å². The van der Waals surface area contributed by atoms with Crippen LogP contribution in [-0.2, 0) is 11.0 Å². The van der Waals surface area contributed by atoms with E-state index in [4.69, 9.17) is 0 Å². The lowest BCUT2D eigenvalue weighted by Gasteiger charge is -2.22. The molecule has 0 spiro atoms. The van der Waals surface area contributed by atoms with Crippen LogP contribution in [-0.4, -0.2) is 44.0 Å². The van der Waals surface area contributed by atoms with Gasteiger partial charge in [-0.15, -0.1) is 18.3 Å². The molecule has 1 saturated heterocycles. The highest BCUT2D eigenvalue weighted by Crippen LogP contribution is 2.38. The van der Waals surface area contributed by atoms with Crippen molar-refractivity contribution in [3.05, 3.63) is 83.7 Å². The van der Waals surface area contributed by atoms with E-state index < -0.39 is 35.6 Å². The number of nitrogens with zero attached hydrogens (tertiary/aromatic N) is 5. The average molecular weight is 663 g/mol. The number of anilines is 2. The summed E-state index contributed by atoms with van der Waals surface area (Å²) in [6.07, 6.45) is -8.59. The van der Waals surface area contributed by atoms with Crippen molar-refractivity contribution in [2.45, 2.75) is 39.2 Å². The fourth-order valence-corrected chi connectivity index (χ4v) is 5.45. The first kappa shape index (κ1) is 32.5. The summed E-state index contributed by atoms with van der Waals surface area (Å²) in [6, 6.07) is 12.1. The Hall–Kier alpha value is -4.86. The van der Waals surface area contributed by atoms with Crippen molar-refractivity contribution in [2.24, 2.45) is 4.99 Å². The molecule has 0 saturated carbocycles. The van der Waals surface area contributed by atoms with Gasteiger partial charge in [-0.25, -0.2) is 14.5 Å². The molecule has 3 amide bonds. The Morgan fingerprint density at radius 1 is 1.02 bits per heavy atom. The van der Waals surface area contributed by atoms with Gasteiger partial charge in [-0.05, 0) is 72.5 Å². The van der Waals surface area contributed by atoms with E-state index in [1.54, 1.807) is 6.07 Å².